The number of aliphatic carboxylic acids is 1. The summed E-state index contributed by atoms with van der Waals surface area (Å²) in [6.45, 7) is 0. The maximum atomic E-state index is 11.0. The molecule has 1 aliphatic carbocycles. The average molecular weight is 234 g/mol. The van der Waals surface area contributed by atoms with Crippen molar-refractivity contribution in [3.05, 3.63) is 0 Å². The minimum absolute atomic E-state index is 0.0472. The summed E-state index contributed by atoms with van der Waals surface area (Å²) < 4.78 is 22.0. The Labute approximate surface area is 90.6 Å². The van der Waals surface area contributed by atoms with Crippen LogP contribution in [0.15, 0.2) is 0 Å². The second-order valence-electron chi connectivity index (χ2n) is 4.41. The summed E-state index contributed by atoms with van der Waals surface area (Å²) >= 11 is 0. The Kier molecular flexibility index (Phi) is 4.13. The Morgan fingerprint density at radius 2 is 1.93 bits per heavy atom. The Hall–Kier alpha value is -0.580. The van der Waals surface area contributed by atoms with E-state index in [1.807, 2.05) is 0 Å². The summed E-state index contributed by atoms with van der Waals surface area (Å²) in [4.78, 5) is 10.9. The zero-order valence-corrected chi connectivity index (χ0v) is 9.79. The van der Waals surface area contributed by atoms with Crippen LogP contribution in [0.1, 0.15) is 32.1 Å². The zero-order valence-electron chi connectivity index (χ0n) is 8.98. The van der Waals surface area contributed by atoms with Crippen LogP contribution in [-0.4, -0.2) is 31.5 Å². The summed E-state index contributed by atoms with van der Waals surface area (Å²) in [5.74, 6) is -0.943. The number of carbonyl (C=O) groups is 1. The van der Waals surface area contributed by atoms with Gasteiger partial charge >= 0.3 is 5.97 Å². The minimum atomic E-state index is -2.97. The lowest BCUT2D eigenvalue weighted by atomic mass is 9.78. The van der Waals surface area contributed by atoms with E-state index < -0.39 is 15.8 Å². The first-order valence-corrected chi connectivity index (χ1v) is 7.37. The van der Waals surface area contributed by atoms with E-state index in [1.165, 1.54) is 6.26 Å². The average Bonchev–Trinajstić information content (AvgIpc) is 2.14. The van der Waals surface area contributed by atoms with Crippen molar-refractivity contribution in [3.8, 4) is 0 Å². The van der Waals surface area contributed by atoms with Gasteiger partial charge in [0.15, 0.2) is 0 Å². The highest BCUT2D eigenvalue weighted by atomic mass is 32.2. The summed E-state index contributed by atoms with van der Waals surface area (Å²) in [5.41, 5.74) is 0. The number of carboxylic acids is 1. The molecule has 15 heavy (non-hydrogen) atoms. The molecule has 0 aromatic carbocycles. The minimum Gasteiger partial charge on any atom is -0.481 e. The first-order valence-electron chi connectivity index (χ1n) is 5.30. The highest BCUT2D eigenvalue weighted by Crippen LogP contribution is 2.32. The lowest BCUT2D eigenvalue weighted by Gasteiger charge is -2.28. The predicted molar refractivity (Wildman–Crippen MR) is 57.4 cm³/mol. The lowest BCUT2D eigenvalue weighted by Crippen LogP contribution is -2.28. The standard InChI is InChI=1S/C10H18O4S/c1-15(13,14)7-6-8-4-2-3-5-9(8)10(11)12/h8-9H,2-7H2,1H3,(H,11,12). The fourth-order valence-electron chi connectivity index (χ4n) is 2.24. The van der Waals surface area contributed by atoms with Gasteiger partial charge in [0.2, 0.25) is 0 Å². The molecule has 1 fully saturated rings. The van der Waals surface area contributed by atoms with Crippen molar-refractivity contribution < 1.29 is 18.3 Å². The second-order valence-corrected chi connectivity index (χ2v) is 6.67. The Bertz CT molecular complexity index is 320. The smallest absolute Gasteiger partial charge is 0.306 e. The topological polar surface area (TPSA) is 71.4 Å². The highest BCUT2D eigenvalue weighted by Gasteiger charge is 2.30. The van der Waals surface area contributed by atoms with Crippen molar-refractivity contribution in [1.29, 1.82) is 0 Å². The van der Waals surface area contributed by atoms with Gasteiger partial charge in [0.05, 0.1) is 11.7 Å². The molecule has 88 valence electrons. The van der Waals surface area contributed by atoms with Gasteiger partial charge in [-0.05, 0) is 25.2 Å². The molecule has 5 heteroatoms. The van der Waals surface area contributed by atoms with Gasteiger partial charge in [0.25, 0.3) is 0 Å². The van der Waals surface area contributed by atoms with Gasteiger partial charge in [-0.15, -0.1) is 0 Å². The van der Waals surface area contributed by atoms with Crippen LogP contribution < -0.4 is 0 Å². The quantitative estimate of drug-likeness (QED) is 0.796. The normalized spacial score (nSPS) is 27.5. The van der Waals surface area contributed by atoms with Crippen LogP contribution in [-0.2, 0) is 14.6 Å². The van der Waals surface area contributed by atoms with Crippen molar-refractivity contribution in [2.75, 3.05) is 12.0 Å². The molecule has 0 saturated heterocycles. The third-order valence-corrected chi connectivity index (χ3v) is 4.06. The molecule has 2 unspecified atom stereocenters. The third-order valence-electron chi connectivity index (χ3n) is 3.09. The number of hydrogen-bond donors (Lipinski definition) is 1. The van der Waals surface area contributed by atoms with E-state index in [0.717, 1.165) is 19.3 Å². The summed E-state index contributed by atoms with van der Waals surface area (Å²) in [6, 6.07) is 0. The molecule has 0 spiro atoms. The van der Waals surface area contributed by atoms with E-state index in [-0.39, 0.29) is 17.6 Å². The van der Waals surface area contributed by atoms with E-state index in [1.54, 1.807) is 0 Å². The van der Waals surface area contributed by atoms with Crippen LogP contribution in [0.2, 0.25) is 0 Å². The van der Waals surface area contributed by atoms with E-state index in [9.17, 15) is 13.2 Å². The monoisotopic (exact) mass is 234 g/mol. The van der Waals surface area contributed by atoms with Gasteiger partial charge in [0.1, 0.15) is 9.84 Å². The largest absolute Gasteiger partial charge is 0.481 e. The molecule has 2 atom stereocenters. The molecule has 0 aliphatic heterocycles. The number of sulfone groups is 1. The molecular formula is C10H18O4S. The molecule has 4 nitrogen and oxygen atoms in total. The van der Waals surface area contributed by atoms with Crippen LogP contribution >= 0.6 is 0 Å². The van der Waals surface area contributed by atoms with Gasteiger partial charge in [-0.3, -0.25) is 4.79 Å². The van der Waals surface area contributed by atoms with Crippen LogP contribution in [0, 0.1) is 11.8 Å². The summed E-state index contributed by atoms with van der Waals surface area (Å²) in [5, 5.41) is 8.99. The molecule has 1 saturated carbocycles. The molecule has 0 aromatic rings. The SMILES string of the molecule is CS(=O)(=O)CCC1CCCCC1C(=O)O. The van der Waals surface area contributed by atoms with Crippen molar-refractivity contribution >= 4 is 15.8 Å². The number of carboxylic acid groups (broad SMARTS) is 1. The summed E-state index contributed by atoms with van der Waals surface area (Å²) in [7, 11) is -2.97. The van der Waals surface area contributed by atoms with Crippen molar-refractivity contribution in [2.24, 2.45) is 11.8 Å². The maximum Gasteiger partial charge on any atom is 0.306 e. The lowest BCUT2D eigenvalue weighted by molar-refractivity contribution is -0.144. The number of rotatable bonds is 4. The molecule has 1 rings (SSSR count). The van der Waals surface area contributed by atoms with Crippen LogP contribution in [0.3, 0.4) is 0 Å². The Morgan fingerprint density at radius 3 is 2.47 bits per heavy atom. The Balaban J connectivity index is 2.54. The first kappa shape index (κ1) is 12.5. The molecular weight excluding hydrogens is 216 g/mol. The number of hydrogen-bond acceptors (Lipinski definition) is 3. The van der Waals surface area contributed by atoms with Crippen molar-refractivity contribution in [2.45, 2.75) is 32.1 Å². The molecule has 0 heterocycles. The molecule has 0 bridgehead atoms. The van der Waals surface area contributed by atoms with E-state index in [2.05, 4.69) is 0 Å². The van der Waals surface area contributed by atoms with Crippen molar-refractivity contribution in [1.82, 2.24) is 0 Å². The van der Waals surface area contributed by atoms with Gasteiger partial charge in [-0.1, -0.05) is 12.8 Å². The predicted octanol–water partition coefficient (Wildman–Crippen LogP) is 1.31. The van der Waals surface area contributed by atoms with E-state index in [0.29, 0.717) is 12.8 Å². The van der Waals surface area contributed by atoms with Gasteiger partial charge in [-0.2, -0.15) is 0 Å². The zero-order chi connectivity index (χ0) is 11.5. The fraction of sp³-hybridized carbons (Fsp3) is 0.900. The summed E-state index contributed by atoms with van der Waals surface area (Å²) in [6.07, 6.45) is 5.22. The fourth-order valence-corrected chi connectivity index (χ4v) is 2.97. The van der Waals surface area contributed by atoms with Crippen LogP contribution in [0.5, 0.6) is 0 Å². The van der Waals surface area contributed by atoms with Gasteiger partial charge in [0, 0.05) is 6.26 Å². The maximum absolute atomic E-state index is 11.0. The van der Waals surface area contributed by atoms with Crippen LogP contribution in [0.4, 0.5) is 0 Å². The Morgan fingerprint density at radius 1 is 1.33 bits per heavy atom. The third kappa shape index (κ3) is 4.20. The molecule has 0 amide bonds. The van der Waals surface area contributed by atoms with Crippen LogP contribution in [0.25, 0.3) is 0 Å². The molecule has 1 aliphatic rings. The van der Waals surface area contributed by atoms with Crippen molar-refractivity contribution in [3.63, 3.8) is 0 Å². The van der Waals surface area contributed by atoms with Gasteiger partial charge < -0.3 is 5.11 Å². The second kappa shape index (κ2) is 4.96. The molecule has 1 N–H and O–H groups in total. The van der Waals surface area contributed by atoms with E-state index in [4.69, 9.17) is 5.11 Å². The molecule has 0 radical (unpaired) electrons. The van der Waals surface area contributed by atoms with E-state index >= 15 is 0 Å². The highest BCUT2D eigenvalue weighted by molar-refractivity contribution is 7.90. The molecule has 0 aromatic heterocycles. The van der Waals surface area contributed by atoms with Gasteiger partial charge in [-0.25, -0.2) is 8.42 Å². The first-order chi connectivity index (χ1) is 6.90.